The average molecular weight is 289 g/mol. The van der Waals surface area contributed by atoms with Crippen molar-refractivity contribution in [3.8, 4) is 0 Å². The summed E-state index contributed by atoms with van der Waals surface area (Å²) >= 11 is 0. The molecule has 1 aromatic carbocycles. The van der Waals surface area contributed by atoms with E-state index in [-0.39, 0.29) is 5.91 Å². The van der Waals surface area contributed by atoms with Crippen LogP contribution in [0.5, 0.6) is 0 Å². The van der Waals surface area contributed by atoms with Crippen LogP contribution in [0.15, 0.2) is 24.3 Å². The molecule has 1 aliphatic rings. The summed E-state index contributed by atoms with van der Waals surface area (Å²) in [5.74, 6) is 0.139. The van der Waals surface area contributed by atoms with Crippen molar-refractivity contribution in [1.29, 1.82) is 0 Å². The van der Waals surface area contributed by atoms with Crippen LogP contribution in [0, 0.1) is 5.41 Å². The summed E-state index contributed by atoms with van der Waals surface area (Å²) in [6.07, 6.45) is 3.59. The van der Waals surface area contributed by atoms with E-state index in [9.17, 15) is 4.79 Å². The molecule has 0 radical (unpaired) electrons. The zero-order chi connectivity index (χ0) is 15.5. The Balaban J connectivity index is 1.89. The van der Waals surface area contributed by atoms with Gasteiger partial charge >= 0.3 is 0 Å². The van der Waals surface area contributed by atoms with E-state index in [0.717, 1.165) is 24.5 Å². The summed E-state index contributed by atoms with van der Waals surface area (Å²) in [7, 11) is 1.83. The fourth-order valence-corrected chi connectivity index (χ4v) is 2.74. The molecule has 1 saturated heterocycles. The minimum Gasteiger partial charge on any atom is -0.399 e. The molecule has 0 atom stereocenters. The van der Waals surface area contributed by atoms with Gasteiger partial charge in [-0.15, -0.1) is 0 Å². The molecular weight excluding hydrogens is 262 g/mol. The van der Waals surface area contributed by atoms with Gasteiger partial charge < -0.3 is 10.6 Å². The Kier molecular flexibility index (Phi) is 4.88. The second kappa shape index (κ2) is 6.48. The summed E-state index contributed by atoms with van der Waals surface area (Å²) in [6.45, 7) is 7.15. The fraction of sp³-hybridized carbons (Fsp3) is 0.588. The van der Waals surface area contributed by atoms with Gasteiger partial charge in [-0.3, -0.25) is 9.69 Å². The number of anilines is 2. The number of amides is 1. The topological polar surface area (TPSA) is 49.6 Å². The normalized spacial score (nSPS) is 18.4. The van der Waals surface area contributed by atoms with E-state index in [1.165, 1.54) is 19.3 Å². The van der Waals surface area contributed by atoms with Gasteiger partial charge in [-0.25, -0.2) is 0 Å². The SMILES string of the molecule is CCC1(C)CCN(CC(=O)N(C)c2ccc(N)cc2)CC1. The highest BCUT2D eigenvalue weighted by Crippen LogP contribution is 2.33. The first-order chi connectivity index (χ1) is 9.93. The van der Waals surface area contributed by atoms with Gasteiger partial charge in [0.15, 0.2) is 0 Å². The number of nitrogen functional groups attached to an aromatic ring is 1. The Morgan fingerprint density at radius 1 is 1.29 bits per heavy atom. The molecule has 2 N–H and O–H groups in total. The lowest BCUT2D eigenvalue weighted by Gasteiger charge is -2.39. The zero-order valence-electron chi connectivity index (χ0n) is 13.4. The van der Waals surface area contributed by atoms with Gasteiger partial charge in [0.25, 0.3) is 0 Å². The molecule has 1 aliphatic heterocycles. The second-order valence-electron chi connectivity index (χ2n) is 6.48. The van der Waals surface area contributed by atoms with Crippen LogP contribution in [0.1, 0.15) is 33.1 Å². The Morgan fingerprint density at radius 3 is 2.38 bits per heavy atom. The smallest absolute Gasteiger partial charge is 0.240 e. The lowest BCUT2D eigenvalue weighted by atomic mass is 9.78. The number of nitrogens with zero attached hydrogens (tertiary/aromatic N) is 2. The molecule has 0 saturated carbocycles. The Bertz CT molecular complexity index is 475. The van der Waals surface area contributed by atoms with Crippen LogP contribution >= 0.6 is 0 Å². The van der Waals surface area contributed by atoms with Crippen molar-refractivity contribution in [2.24, 2.45) is 5.41 Å². The van der Waals surface area contributed by atoms with Crippen LogP contribution < -0.4 is 10.6 Å². The molecule has 1 aromatic rings. The maximum Gasteiger partial charge on any atom is 0.240 e. The standard InChI is InChI=1S/C17H27N3O/c1-4-17(2)9-11-20(12-10-17)13-16(21)19(3)15-7-5-14(18)6-8-15/h5-8H,4,9-13,18H2,1-3H3. The number of piperidine rings is 1. The first-order valence-corrected chi connectivity index (χ1v) is 7.78. The molecule has 2 rings (SSSR count). The third kappa shape index (κ3) is 3.97. The Labute approximate surface area is 127 Å². The average Bonchev–Trinajstić information content (AvgIpc) is 2.50. The van der Waals surface area contributed by atoms with E-state index < -0.39 is 0 Å². The first-order valence-electron chi connectivity index (χ1n) is 7.78. The second-order valence-corrected chi connectivity index (χ2v) is 6.48. The van der Waals surface area contributed by atoms with Gasteiger partial charge in [-0.05, 0) is 55.6 Å². The van der Waals surface area contributed by atoms with Crippen molar-refractivity contribution in [3.05, 3.63) is 24.3 Å². The minimum absolute atomic E-state index is 0.139. The number of hydrogen-bond acceptors (Lipinski definition) is 3. The van der Waals surface area contributed by atoms with Gasteiger partial charge in [0, 0.05) is 18.4 Å². The third-order valence-corrected chi connectivity index (χ3v) is 4.93. The largest absolute Gasteiger partial charge is 0.399 e. The summed E-state index contributed by atoms with van der Waals surface area (Å²) in [6, 6.07) is 7.43. The molecule has 21 heavy (non-hydrogen) atoms. The quantitative estimate of drug-likeness (QED) is 0.867. The zero-order valence-corrected chi connectivity index (χ0v) is 13.4. The van der Waals surface area contributed by atoms with E-state index >= 15 is 0 Å². The molecule has 4 heteroatoms. The number of likely N-dealkylation sites (tertiary alicyclic amines) is 1. The van der Waals surface area contributed by atoms with Crippen molar-refractivity contribution >= 4 is 17.3 Å². The highest BCUT2D eigenvalue weighted by Gasteiger charge is 2.29. The number of benzene rings is 1. The number of carbonyl (C=O) groups is 1. The van der Waals surface area contributed by atoms with Crippen LogP contribution in [0.4, 0.5) is 11.4 Å². The van der Waals surface area contributed by atoms with Crippen LogP contribution in [-0.2, 0) is 4.79 Å². The molecule has 4 nitrogen and oxygen atoms in total. The maximum absolute atomic E-state index is 12.4. The van der Waals surface area contributed by atoms with Crippen molar-refractivity contribution < 1.29 is 4.79 Å². The highest BCUT2D eigenvalue weighted by molar-refractivity contribution is 5.94. The molecule has 0 aliphatic carbocycles. The molecular formula is C17H27N3O. The molecule has 1 heterocycles. The number of rotatable bonds is 4. The first kappa shape index (κ1) is 15.8. The molecule has 0 spiro atoms. The monoisotopic (exact) mass is 289 g/mol. The van der Waals surface area contributed by atoms with Crippen molar-refractivity contribution in [1.82, 2.24) is 4.90 Å². The lowest BCUT2D eigenvalue weighted by molar-refractivity contribution is -0.120. The number of carbonyl (C=O) groups excluding carboxylic acids is 1. The third-order valence-electron chi connectivity index (χ3n) is 4.93. The van der Waals surface area contributed by atoms with Gasteiger partial charge in [0.1, 0.15) is 0 Å². The predicted octanol–water partition coefficient (Wildman–Crippen LogP) is 2.74. The van der Waals surface area contributed by atoms with Crippen molar-refractivity contribution in [3.63, 3.8) is 0 Å². The summed E-state index contributed by atoms with van der Waals surface area (Å²) < 4.78 is 0. The van der Waals surface area contributed by atoms with Crippen LogP contribution in [0.3, 0.4) is 0 Å². The van der Waals surface area contributed by atoms with Crippen LogP contribution in [-0.4, -0.2) is 37.5 Å². The summed E-state index contributed by atoms with van der Waals surface area (Å²) in [5, 5.41) is 0. The van der Waals surface area contributed by atoms with Gasteiger partial charge in [0.2, 0.25) is 5.91 Å². The van der Waals surface area contributed by atoms with Gasteiger partial charge in [0.05, 0.1) is 6.54 Å². The van der Waals surface area contributed by atoms with Crippen molar-refractivity contribution in [2.75, 3.05) is 37.3 Å². The molecule has 0 aromatic heterocycles. The van der Waals surface area contributed by atoms with E-state index in [2.05, 4.69) is 18.7 Å². The van der Waals surface area contributed by atoms with E-state index in [4.69, 9.17) is 5.73 Å². The Morgan fingerprint density at radius 2 is 1.86 bits per heavy atom. The summed E-state index contributed by atoms with van der Waals surface area (Å²) in [5.41, 5.74) is 7.75. The molecule has 1 fully saturated rings. The van der Waals surface area contributed by atoms with E-state index in [0.29, 0.717) is 12.0 Å². The maximum atomic E-state index is 12.4. The lowest BCUT2D eigenvalue weighted by Crippen LogP contribution is -2.44. The minimum atomic E-state index is 0.139. The van der Waals surface area contributed by atoms with Gasteiger partial charge in [-0.2, -0.15) is 0 Å². The van der Waals surface area contributed by atoms with E-state index in [1.54, 1.807) is 4.90 Å². The highest BCUT2D eigenvalue weighted by atomic mass is 16.2. The molecule has 116 valence electrons. The van der Waals surface area contributed by atoms with Crippen LogP contribution in [0.2, 0.25) is 0 Å². The molecule has 0 bridgehead atoms. The van der Waals surface area contributed by atoms with Crippen LogP contribution in [0.25, 0.3) is 0 Å². The Hall–Kier alpha value is -1.55. The molecule has 1 amide bonds. The van der Waals surface area contributed by atoms with Gasteiger partial charge in [-0.1, -0.05) is 20.3 Å². The number of nitrogens with two attached hydrogens (primary N) is 1. The fourth-order valence-electron chi connectivity index (χ4n) is 2.74. The number of likely N-dealkylation sites (N-methyl/N-ethyl adjacent to an activating group) is 1. The predicted molar refractivity (Wildman–Crippen MR) is 88.3 cm³/mol. The molecule has 0 unspecified atom stereocenters. The van der Waals surface area contributed by atoms with Crippen molar-refractivity contribution in [2.45, 2.75) is 33.1 Å². The van der Waals surface area contributed by atoms with E-state index in [1.807, 2.05) is 31.3 Å². The number of hydrogen-bond donors (Lipinski definition) is 1. The summed E-state index contributed by atoms with van der Waals surface area (Å²) in [4.78, 5) is 16.4.